The Balaban J connectivity index is 1.80. The van der Waals surface area contributed by atoms with Crippen molar-refractivity contribution in [1.82, 2.24) is 9.80 Å². The van der Waals surface area contributed by atoms with Crippen molar-refractivity contribution in [2.24, 2.45) is 5.73 Å². The Kier molecular flexibility index (Phi) is 5.81. The van der Waals surface area contributed by atoms with Crippen LogP contribution in [0.3, 0.4) is 0 Å². The molecule has 5 nitrogen and oxygen atoms in total. The first-order chi connectivity index (χ1) is 9.65. The molecule has 2 rings (SSSR count). The molecule has 0 aromatic carbocycles. The van der Waals surface area contributed by atoms with Crippen LogP contribution >= 0.6 is 0 Å². The van der Waals surface area contributed by atoms with Gasteiger partial charge in [-0.05, 0) is 38.6 Å². The topological polar surface area (TPSA) is 58.8 Å². The smallest absolute Gasteiger partial charge is 0.251 e. The van der Waals surface area contributed by atoms with Crippen LogP contribution in [0.15, 0.2) is 0 Å². The van der Waals surface area contributed by atoms with E-state index >= 15 is 0 Å². The fourth-order valence-electron chi connectivity index (χ4n) is 3.31. The van der Waals surface area contributed by atoms with Gasteiger partial charge in [0.2, 0.25) is 0 Å². The third-order valence-corrected chi connectivity index (χ3v) is 4.64. The van der Waals surface area contributed by atoms with Crippen LogP contribution in [0, 0.1) is 0 Å². The van der Waals surface area contributed by atoms with Gasteiger partial charge in [0, 0.05) is 32.7 Å². The minimum atomic E-state index is -0.262. The molecule has 0 spiro atoms. The lowest BCUT2D eigenvalue weighted by molar-refractivity contribution is -0.144. The third kappa shape index (κ3) is 3.71. The van der Waals surface area contributed by atoms with E-state index in [0.717, 1.165) is 38.8 Å². The fraction of sp³-hybridized carbons (Fsp3) is 0.933. The molecule has 2 aliphatic rings. The summed E-state index contributed by atoms with van der Waals surface area (Å²) in [7, 11) is 1.93. The molecule has 5 heteroatoms. The molecule has 0 aromatic rings. The molecule has 0 aromatic heterocycles. The van der Waals surface area contributed by atoms with Gasteiger partial charge in [0.25, 0.3) is 5.91 Å². The fourth-order valence-corrected chi connectivity index (χ4v) is 3.31. The van der Waals surface area contributed by atoms with Gasteiger partial charge in [-0.2, -0.15) is 0 Å². The number of piperidine rings is 1. The molecule has 0 bridgehead atoms. The standard InChI is InChI=1S/C15H29N3O2/c1-3-8-18-9-6-12(7-10-18)17(2)15(19)14-5-4-13(11-16)20-14/h12-14H,3-11,16H2,1-2H3. The molecule has 20 heavy (non-hydrogen) atoms. The Morgan fingerprint density at radius 1 is 1.30 bits per heavy atom. The molecule has 2 saturated heterocycles. The largest absolute Gasteiger partial charge is 0.364 e. The summed E-state index contributed by atoms with van der Waals surface area (Å²) in [6.07, 6.45) is 4.90. The van der Waals surface area contributed by atoms with Gasteiger partial charge in [-0.25, -0.2) is 0 Å². The second-order valence-corrected chi connectivity index (χ2v) is 6.08. The summed E-state index contributed by atoms with van der Waals surface area (Å²) in [5, 5.41) is 0. The van der Waals surface area contributed by atoms with Crippen molar-refractivity contribution in [2.45, 2.75) is 57.3 Å². The first-order valence-corrected chi connectivity index (χ1v) is 8.00. The predicted molar refractivity (Wildman–Crippen MR) is 79.5 cm³/mol. The van der Waals surface area contributed by atoms with Gasteiger partial charge >= 0.3 is 0 Å². The average molecular weight is 283 g/mol. The zero-order valence-electron chi connectivity index (χ0n) is 12.9. The maximum absolute atomic E-state index is 12.5. The molecule has 2 fully saturated rings. The van der Waals surface area contributed by atoms with Gasteiger partial charge < -0.3 is 20.3 Å². The Bertz CT molecular complexity index is 316. The molecule has 2 unspecified atom stereocenters. The molecule has 116 valence electrons. The quantitative estimate of drug-likeness (QED) is 0.812. The number of ether oxygens (including phenoxy) is 1. The van der Waals surface area contributed by atoms with Gasteiger partial charge in [-0.15, -0.1) is 0 Å². The maximum atomic E-state index is 12.5. The number of nitrogens with two attached hydrogens (primary N) is 1. The van der Waals surface area contributed by atoms with Crippen LogP contribution in [0.1, 0.15) is 39.0 Å². The van der Waals surface area contributed by atoms with Crippen LogP contribution in [-0.2, 0) is 9.53 Å². The van der Waals surface area contributed by atoms with Crippen molar-refractivity contribution >= 4 is 5.91 Å². The molecule has 2 atom stereocenters. The van der Waals surface area contributed by atoms with Crippen LogP contribution in [0.5, 0.6) is 0 Å². The van der Waals surface area contributed by atoms with E-state index in [1.165, 1.54) is 13.0 Å². The third-order valence-electron chi connectivity index (χ3n) is 4.64. The summed E-state index contributed by atoms with van der Waals surface area (Å²) in [5.74, 6) is 0.148. The number of carbonyl (C=O) groups is 1. The molecule has 2 heterocycles. The highest BCUT2D eigenvalue weighted by Gasteiger charge is 2.34. The summed E-state index contributed by atoms with van der Waals surface area (Å²) in [6.45, 7) is 6.12. The normalized spacial score (nSPS) is 28.8. The van der Waals surface area contributed by atoms with Crippen LogP contribution in [-0.4, -0.2) is 67.2 Å². The van der Waals surface area contributed by atoms with Crippen molar-refractivity contribution in [2.75, 3.05) is 33.2 Å². The van der Waals surface area contributed by atoms with Gasteiger partial charge in [0.05, 0.1) is 6.10 Å². The number of nitrogens with zero attached hydrogens (tertiary/aromatic N) is 2. The Morgan fingerprint density at radius 3 is 2.55 bits per heavy atom. The molecule has 1 amide bonds. The second-order valence-electron chi connectivity index (χ2n) is 6.08. The van der Waals surface area contributed by atoms with Crippen molar-refractivity contribution in [1.29, 1.82) is 0 Å². The van der Waals surface area contributed by atoms with E-state index in [9.17, 15) is 4.79 Å². The summed E-state index contributed by atoms with van der Waals surface area (Å²) in [5.41, 5.74) is 5.60. The molecule has 2 aliphatic heterocycles. The van der Waals surface area contributed by atoms with Crippen molar-refractivity contribution in [3.05, 3.63) is 0 Å². The number of likely N-dealkylation sites (tertiary alicyclic amines) is 1. The Hall–Kier alpha value is -0.650. The number of amides is 1. The molecule has 0 saturated carbocycles. The number of hydrogen-bond donors (Lipinski definition) is 1. The lowest BCUT2D eigenvalue weighted by Gasteiger charge is -2.37. The van der Waals surface area contributed by atoms with Crippen LogP contribution in [0.4, 0.5) is 0 Å². The molecular weight excluding hydrogens is 254 g/mol. The minimum Gasteiger partial charge on any atom is -0.364 e. The summed E-state index contributed by atoms with van der Waals surface area (Å²) in [4.78, 5) is 16.9. The first kappa shape index (κ1) is 15.7. The SMILES string of the molecule is CCCN1CCC(N(C)C(=O)C2CCC(CN)O2)CC1. The first-order valence-electron chi connectivity index (χ1n) is 8.00. The van der Waals surface area contributed by atoms with E-state index in [2.05, 4.69) is 11.8 Å². The van der Waals surface area contributed by atoms with Crippen LogP contribution in [0.25, 0.3) is 0 Å². The molecule has 0 aliphatic carbocycles. The van der Waals surface area contributed by atoms with Crippen LogP contribution < -0.4 is 5.73 Å². The molecule has 2 N–H and O–H groups in total. The predicted octanol–water partition coefficient (Wildman–Crippen LogP) is 0.826. The summed E-state index contributed by atoms with van der Waals surface area (Å²) < 4.78 is 5.72. The summed E-state index contributed by atoms with van der Waals surface area (Å²) >= 11 is 0. The second kappa shape index (κ2) is 7.38. The van der Waals surface area contributed by atoms with Crippen LogP contribution in [0.2, 0.25) is 0 Å². The number of hydrogen-bond acceptors (Lipinski definition) is 4. The van der Waals surface area contributed by atoms with Crippen molar-refractivity contribution < 1.29 is 9.53 Å². The van der Waals surface area contributed by atoms with Crippen molar-refractivity contribution in [3.8, 4) is 0 Å². The van der Waals surface area contributed by atoms with E-state index < -0.39 is 0 Å². The Morgan fingerprint density at radius 2 is 2.00 bits per heavy atom. The van der Waals surface area contributed by atoms with Crippen molar-refractivity contribution in [3.63, 3.8) is 0 Å². The maximum Gasteiger partial charge on any atom is 0.251 e. The zero-order chi connectivity index (χ0) is 14.5. The Labute approximate surface area is 122 Å². The van der Waals surface area contributed by atoms with Gasteiger partial charge in [-0.3, -0.25) is 4.79 Å². The van der Waals surface area contributed by atoms with Gasteiger partial charge in [0.1, 0.15) is 6.10 Å². The zero-order valence-corrected chi connectivity index (χ0v) is 12.9. The van der Waals surface area contributed by atoms with E-state index in [4.69, 9.17) is 10.5 Å². The lowest BCUT2D eigenvalue weighted by atomic mass is 10.0. The average Bonchev–Trinajstić information content (AvgIpc) is 2.96. The number of likely N-dealkylation sites (N-methyl/N-ethyl adjacent to an activating group) is 1. The van der Waals surface area contributed by atoms with E-state index in [-0.39, 0.29) is 18.1 Å². The lowest BCUT2D eigenvalue weighted by Crippen LogP contribution is -2.48. The summed E-state index contributed by atoms with van der Waals surface area (Å²) in [6, 6.07) is 0.371. The van der Waals surface area contributed by atoms with E-state index in [0.29, 0.717) is 12.6 Å². The van der Waals surface area contributed by atoms with E-state index in [1.54, 1.807) is 0 Å². The highest BCUT2D eigenvalue weighted by molar-refractivity contribution is 5.81. The highest BCUT2D eigenvalue weighted by atomic mass is 16.5. The monoisotopic (exact) mass is 283 g/mol. The van der Waals surface area contributed by atoms with Gasteiger partial charge in [-0.1, -0.05) is 6.92 Å². The van der Waals surface area contributed by atoms with Gasteiger partial charge in [0.15, 0.2) is 0 Å². The number of rotatable bonds is 5. The number of carbonyl (C=O) groups excluding carboxylic acids is 1. The van der Waals surface area contributed by atoms with E-state index in [1.807, 2.05) is 11.9 Å². The molecular formula is C15H29N3O2. The minimum absolute atomic E-state index is 0.0729. The molecule has 0 radical (unpaired) electrons. The highest BCUT2D eigenvalue weighted by Crippen LogP contribution is 2.23.